The number of hydrogen-bond donors (Lipinski definition) is 4. The number of carbonyl (C=O) groups excluding carboxylic acids is 1. The van der Waals surface area contributed by atoms with Gasteiger partial charge in [0.2, 0.25) is 5.78 Å². The van der Waals surface area contributed by atoms with Gasteiger partial charge < -0.3 is 20.2 Å². The molecule has 1 aliphatic heterocycles. The normalized spacial score (nSPS) is 23.3. The minimum absolute atomic E-state index is 0.00609. The van der Waals surface area contributed by atoms with Crippen molar-refractivity contribution in [2.75, 3.05) is 18.9 Å². The first-order valence-electron chi connectivity index (χ1n) is 11.9. The van der Waals surface area contributed by atoms with Crippen LogP contribution in [0.25, 0.3) is 0 Å². The van der Waals surface area contributed by atoms with Crippen LogP contribution in [0.4, 0.5) is 5.82 Å². The van der Waals surface area contributed by atoms with Crippen LogP contribution in [-0.4, -0.2) is 61.1 Å². The number of halogens is 2. The number of aliphatic hydroxyl groups excluding tert-OH is 1. The highest BCUT2D eigenvalue weighted by Crippen LogP contribution is 2.37. The molecule has 3 aromatic rings. The summed E-state index contributed by atoms with van der Waals surface area (Å²) in [6, 6.07) is 6.59. The molecule has 1 aromatic carbocycles. The fourth-order valence-corrected chi connectivity index (χ4v) is 5.89. The van der Waals surface area contributed by atoms with Crippen LogP contribution in [0.1, 0.15) is 51.7 Å². The first-order chi connectivity index (χ1) is 18.1. The largest absolute Gasteiger partial charge is 0.441 e. The number of carbonyl (C=O) groups is 1. The first kappa shape index (κ1) is 27.0. The Bertz CT molecular complexity index is 1470. The minimum Gasteiger partial charge on any atom is -0.441 e. The van der Waals surface area contributed by atoms with Crippen LogP contribution in [0.2, 0.25) is 10.2 Å². The Morgan fingerprint density at radius 3 is 2.84 bits per heavy atom. The molecule has 1 fully saturated rings. The average Bonchev–Trinajstić information content (AvgIpc) is 3.44. The average molecular weight is 582 g/mol. The SMILES string of the molecule is CNS(=O)(=O)O[C@@H]1C[C@H](Nc2ncncc2C(=O)c2cc([C@H]3NCCc4ccc(Cl)cc43)c(Cl)o2)C[C@@H]1O. The predicted octanol–water partition coefficient (Wildman–Crippen LogP) is 2.63. The van der Waals surface area contributed by atoms with Crippen LogP contribution in [0.15, 0.2) is 41.2 Å². The van der Waals surface area contributed by atoms with Crippen LogP contribution >= 0.6 is 23.2 Å². The summed E-state index contributed by atoms with van der Waals surface area (Å²) in [5, 5.41) is 17.5. The van der Waals surface area contributed by atoms with E-state index in [4.69, 9.17) is 31.8 Å². The Balaban J connectivity index is 1.37. The summed E-state index contributed by atoms with van der Waals surface area (Å²) in [7, 11) is -2.76. The quantitative estimate of drug-likeness (QED) is 0.291. The van der Waals surface area contributed by atoms with Gasteiger partial charge in [0.05, 0.1) is 17.7 Å². The zero-order valence-corrected chi connectivity index (χ0v) is 22.5. The fraction of sp³-hybridized carbons (Fsp3) is 0.375. The standard InChI is InChI=1S/C24H25Cl2N5O6S/c1-27-38(34,35)37-19-8-14(7-18(19)32)31-24-17(10-28-11-30-24)22(33)20-9-16(23(26)36-20)21-15-6-13(25)3-2-12(15)4-5-29-21/h2-3,6,9-11,14,18-19,21,27,29,32H,4-5,7-8H2,1H3,(H,28,30,31)/t14-,18+,19-,21+/m1/s1. The number of aliphatic hydroxyl groups is 1. The number of benzene rings is 1. The van der Waals surface area contributed by atoms with E-state index in [-0.39, 0.29) is 41.2 Å². The van der Waals surface area contributed by atoms with Crippen molar-refractivity contribution in [3.8, 4) is 0 Å². The number of rotatable bonds is 8. The Morgan fingerprint density at radius 2 is 2.05 bits per heavy atom. The fourth-order valence-electron chi connectivity index (χ4n) is 4.84. The van der Waals surface area contributed by atoms with E-state index in [1.54, 1.807) is 6.07 Å². The van der Waals surface area contributed by atoms with Crippen LogP contribution in [0.3, 0.4) is 0 Å². The molecule has 14 heteroatoms. The maximum atomic E-state index is 13.5. The van der Waals surface area contributed by atoms with Gasteiger partial charge in [-0.1, -0.05) is 17.7 Å². The second-order valence-electron chi connectivity index (χ2n) is 9.11. The molecule has 202 valence electrons. The third-order valence-corrected chi connectivity index (χ3v) is 8.21. The van der Waals surface area contributed by atoms with Crippen molar-refractivity contribution in [2.24, 2.45) is 0 Å². The van der Waals surface area contributed by atoms with Crippen LogP contribution in [-0.2, 0) is 20.9 Å². The lowest BCUT2D eigenvalue weighted by atomic mass is 9.91. The van der Waals surface area contributed by atoms with E-state index in [0.717, 1.165) is 24.1 Å². The summed E-state index contributed by atoms with van der Waals surface area (Å²) in [4.78, 5) is 21.6. The van der Waals surface area contributed by atoms with Gasteiger partial charge in [-0.3, -0.25) is 8.98 Å². The molecule has 1 aliphatic carbocycles. The Kier molecular flexibility index (Phi) is 7.74. The molecule has 11 nitrogen and oxygen atoms in total. The molecule has 0 unspecified atom stereocenters. The summed E-state index contributed by atoms with van der Waals surface area (Å²) < 4.78 is 36.2. The lowest BCUT2D eigenvalue weighted by Gasteiger charge is -2.26. The second-order valence-corrected chi connectivity index (χ2v) is 11.4. The van der Waals surface area contributed by atoms with E-state index < -0.39 is 34.3 Å². The van der Waals surface area contributed by atoms with Gasteiger partial charge >= 0.3 is 10.3 Å². The first-order valence-corrected chi connectivity index (χ1v) is 14.0. The molecule has 4 N–H and O–H groups in total. The summed E-state index contributed by atoms with van der Waals surface area (Å²) in [6.07, 6.45) is 1.85. The lowest BCUT2D eigenvalue weighted by Crippen LogP contribution is -2.31. The zero-order chi connectivity index (χ0) is 27.0. The van der Waals surface area contributed by atoms with Crippen LogP contribution < -0.4 is 15.4 Å². The van der Waals surface area contributed by atoms with E-state index >= 15 is 0 Å². The molecular weight excluding hydrogens is 557 g/mol. The van der Waals surface area contributed by atoms with Crippen LogP contribution in [0.5, 0.6) is 0 Å². The third-order valence-electron chi connectivity index (χ3n) is 6.68. The van der Waals surface area contributed by atoms with Gasteiger partial charge in [0.15, 0.2) is 11.0 Å². The number of hydrogen-bond acceptors (Lipinski definition) is 10. The predicted molar refractivity (Wildman–Crippen MR) is 140 cm³/mol. The van der Waals surface area contributed by atoms with Crippen molar-refractivity contribution in [3.63, 3.8) is 0 Å². The van der Waals surface area contributed by atoms with Crippen LogP contribution in [0, 0.1) is 0 Å². The summed E-state index contributed by atoms with van der Waals surface area (Å²) in [5.74, 6) is -0.277. The van der Waals surface area contributed by atoms with E-state index in [1.165, 1.54) is 19.6 Å². The van der Waals surface area contributed by atoms with Gasteiger partial charge in [-0.2, -0.15) is 13.1 Å². The maximum Gasteiger partial charge on any atom is 0.335 e. The van der Waals surface area contributed by atoms with E-state index in [2.05, 4.69) is 25.3 Å². The van der Waals surface area contributed by atoms with Crippen molar-refractivity contribution < 1.29 is 26.9 Å². The molecule has 4 atom stereocenters. The van der Waals surface area contributed by atoms with Gasteiger partial charge in [0, 0.05) is 36.4 Å². The molecule has 5 rings (SSSR count). The summed E-state index contributed by atoms with van der Waals surface area (Å²) >= 11 is 12.7. The van der Waals surface area contributed by atoms with Crippen molar-refractivity contribution in [2.45, 2.75) is 43.6 Å². The Labute approximate surface area is 229 Å². The monoisotopic (exact) mass is 581 g/mol. The number of fused-ring (bicyclic) bond motifs is 1. The van der Waals surface area contributed by atoms with E-state index in [9.17, 15) is 18.3 Å². The number of aromatic nitrogens is 2. The van der Waals surface area contributed by atoms with E-state index in [1.807, 2.05) is 18.2 Å². The van der Waals surface area contributed by atoms with Gasteiger partial charge in [0.25, 0.3) is 0 Å². The molecule has 3 heterocycles. The van der Waals surface area contributed by atoms with Crippen molar-refractivity contribution in [1.29, 1.82) is 0 Å². The molecule has 0 bridgehead atoms. The maximum absolute atomic E-state index is 13.5. The molecule has 38 heavy (non-hydrogen) atoms. The van der Waals surface area contributed by atoms with Gasteiger partial charge in [0.1, 0.15) is 18.2 Å². The molecule has 0 saturated heterocycles. The summed E-state index contributed by atoms with van der Waals surface area (Å²) in [6.45, 7) is 0.720. The molecule has 0 amide bonds. The molecule has 2 aliphatic rings. The van der Waals surface area contributed by atoms with E-state index in [0.29, 0.717) is 10.6 Å². The van der Waals surface area contributed by atoms with Gasteiger partial charge in [-0.25, -0.2) is 9.97 Å². The zero-order valence-electron chi connectivity index (χ0n) is 20.1. The van der Waals surface area contributed by atoms with Gasteiger partial charge in [-0.05, 0) is 60.2 Å². The van der Waals surface area contributed by atoms with Gasteiger partial charge in [-0.15, -0.1) is 0 Å². The highest BCUT2D eigenvalue weighted by Gasteiger charge is 2.37. The molecule has 0 spiro atoms. The molecule has 1 saturated carbocycles. The van der Waals surface area contributed by atoms with Crippen molar-refractivity contribution in [3.05, 3.63) is 75.0 Å². The van der Waals surface area contributed by atoms with Crippen molar-refractivity contribution >= 4 is 45.1 Å². The Morgan fingerprint density at radius 1 is 1.24 bits per heavy atom. The second kappa shape index (κ2) is 10.9. The highest BCUT2D eigenvalue weighted by molar-refractivity contribution is 7.84. The Hall–Kier alpha value is -2.58. The topological polar surface area (TPSA) is 156 Å². The minimum atomic E-state index is -3.98. The lowest BCUT2D eigenvalue weighted by molar-refractivity contribution is 0.0636. The molecule has 0 radical (unpaired) electrons. The molecular formula is C24H25Cl2N5O6S. The smallest absolute Gasteiger partial charge is 0.335 e. The third kappa shape index (κ3) is 5.57. The number of anilines is 1. The van der Waals surface area contributed by atoms with Crippen molar-refractivity contribution in [1.82, 2.24) is 20.0 Å². The molecule has 2 aromatic heterocycles. The highest BCUT2D eigenvalue weighted by atomic mass is 35.5. The number of nitrogens with one attached hydrogen (secondary N) is 3. The summed E-state index contributed by atoms with van der Waals surface area (Å²) in [5.41, 5.74) is 2.84. The number of furan rings is 1. The number of nitrogens with zero attached hydrogens (tertiary/aromatic N) is 2. The number of ketones is 1.